The Labute approximate surface area is 129 Å². The standard InChI is InChI=1S/C17H32O4/c1-8-14(6)17(7,16(19)21-11-13(4)5)9-15(18)20-10-12(2)3/h12-14H,8-11H2,1-7H3. The fourth-order valence-corrected chi connectivity index (χ4v) is 1.92. The predicted octanol–water partition coefficient (Wildman–Crippen LogP) is 3.83. The van der Waals surface area contributed by atoms with E-state index < -0.39 is 5.41 Å². The second kappa shape index (κ2) is 9.06. The van der Waals surface area contributed by atoms with E-state index in [1.165, 1.54) is 0 Å². The first kappa shape index (κ1) is 19.9. The molecule has 21 heavy (non-hydrogen) atoms. The molecular weight excluding hydrogens is 268 g/mol. The lowest BCUT2D eigenvalue weighted by molar-refractivity contribution is -0.166. The van der Waals surface area contributed by atoms with E-state index in [1.807, 2.05) is 41.5 Å². The van der Waals surface area contributed by atoms with Gasteiger partial charge in [-0.25, -0.2) is 0 Å². The monoisotopic (exact) mass is 300 g/mol. The number of hydrogen-bond acceptors (Lipinski definition) is 4. The fourth-order valence-electron chi connectivity index (χ4n) is 1.92. The minimum Gasteiger partial charge on any atom is -0.465 e. The van der Waals surface area contributed by atoms with Gasteiger partial charge in [-0.1, -0.05) is 48.0 Å². The van der Waals surface area contributed by atoms with Crippen molar-refractivity contribution in [2.75, 3.05) is 13.2 Å². The van der Waals surface area contributed by atoms with E-state index in [9.17, 15) is 9.59 Å². The van der Waals surface area contributed by atoms with E-state index in [-0.39, 0.29) is 36.1 Å². The molecule has 4 nitrogen and oxygen atoms in total. The average molecular weight is 300 g/mol. The molecular formula is C17H32O4. The lowest BCUT2D eigenvalue weighted by Crippen LogP contribution is -2.39. The summed E-state index contributed by atoms with van der Waals surface area (Å²) in [6, 6.07) is 0. The van der Waals surface area contributed by atoms with E-state index in [4.69, 9.17) is 9.47 Å². The van der Waals surface area contributed by atoms with Crippen molar-refractivity contribution >= 4 is 11.9 Å². The van der Waals surface area contributed by atoms with Gasteiger partial charge in [-0.05, 0) is 24.7 Å². The Morgan fingerprint density at radius 3 is 1.86 bits per heavy atom. The molecule has 0 saturated carbocycles. The first-order valence-electron chi connectivity index (χ1n) is 7.96. The average Bonchev–Trinajstić information content (AvgIpc) is 2.41. The Balaban J connectivity index is 4.83. The third-order valence-electron chi connectivity index (χ3n) is 3.80. The maximum absolute atomic E-state index is 12.4. The van der Waals surface area contributed by atoms with E-state index >= 15 is 0 Å². The highest BCUT2D eigenvalue weighted by Gasteiger charge is 2.42. The van der Waals surface area contributed by atoms with Gasteiger partial charge in [0.25, 0.3) is 0 Å². The number of carbonyl (C=O) groups excluding carboxylic acids is 2. The molecule has 2 atom stereocenters. The van der Waals surface area contributed by atoms with Gasteiger partial charge in [0.15, 0.2) is 0 Å². The van der Waals surface area contributed by atoms with Crippen LogP contribution in [0, 0.1) is 23.2 Å². The maximum Gasteiger partial charge on any atom is 0.312 e. The normalized spacial score (nSPS) is 15.7. The molecule has 0 aliphatic heterocycles. The van der Waals surface area contributed by atoms with Gasteiger partial charge in [-0.2, -0.15) is 0 Å². The highest BCUT2D eigenvalue weighted by Crippen LogP contribution is 2.35. The molecule has 0 aromatic rings. The van der Waals surface area contributed by atoms with Gasteiger partial charge in [0.1, 0.15) is 0 Å². The van der Waals surface area contributed by atoms with Crippen LogP contribution in [-0.4, -0.2) is 25.2 Å². The number of rotatable bonds is 9. The Hall–Kier alpha value is -1.06. The van der Waals surface area contributed by atoms with Gasteiger partial charge in [0.2, 0.25) is 0 Å². The Kier molecular flexibility index (Phi) is 8.60. The summed E-state index contributed by atoms with van der Waals surface area (Å²) < 4.78 is 10.6. The summed E-state index contributed by atoms with van der Waals surface area (Å²) in [5.41, 5.74) is -0.822. The van der Waals surface area contributed by atoms with Gasteiger partial charge in [-0.3, -0.25) is 9.59 Å². The van der Waals surface area contributed by atoms with Crippen molar-refractivity contribution in [3.63, 3.8) is 0 Å². The third-order valence-corrected chi connectivity index (χ3v) is 3.80. The zero-order chi connectivity index (χ0) is 16.6. The molecule has 0 rings (SSSR count). The summed E-state index contributed by atoms with van der Waals surface area (Å²) in [7, 11) is 0. The summed E-state index contributed by atoms with van der Waals surface area (Å²) >= 11 is 0. The van der Waals surface area contributed by atoms with Crippen LogP contribution in [0.5, 0.6) is 0 Å². The zero-order valence-corrected chi connectivity index (χ0v) is 14.7. The smallest absolute Gasteiger partial charge is 0.312 e. The molecule has 0 fully saturated rings. The first-order chi connectivity index (χ1) is 9.63. The van der Waals surface area contributed by atoms with Crippen molar-refractivity contribution in [1.82, 2.24) is 0 Å². The molecule has 2 unspecified atom stereocenters. The summed E-state index contributed by atoms with van der Waals surface area (Å²) in [4.78, 5) is 24.4. The van der Waals surface area contributed by atoms with Crippen LogP contribution in [0.25, 0.3) is 0 Å². The summed E-state index contributed by atoms with van der Waals surface area (Å²) in [6.07, 6.45) is 0.885. The molecule has 0 radical (unpaired) electrons. The molecule has 0 aromatic heterocycles. The van der Waals surface area contributed by atoms with Crippen molar-refractivity contribution in [1.29, 1.82) is 0 Å². The fraction of sp³-hybridized carbons (Fsp3) is 0.882. The molecule has 0 aliphatic rings. The topological polar surface area (TPSA) is 52.6 Å². The SMILES string of the molecule is CCC(C)C(C)(CC(=O)OCC(C)C)C(=O)OCC(C)C. The van der Waals surface area contributed by atoms with E-state index in [0.29, 0.717) is 13.2 Å². The minimum absolute atomic E-state index is 0.0590. The van der Waals surface area contributed by atoms with Gasteiger partial charge < -0.3 is 9.47 Å². The van der Waals surface area contributed by atoms with Gasteiger partial charge >= 0.3 is 11.9 Å². The first-order valence-corrected chi connectivity index (χ1v) is 7.96. The van der Waals surface area contributed by atoms with Crippen molar-refractivity contribution < 1.29 is 19.1 Å². The molecule has 0 saturated heterocycles. The van der Waals surface area contributed by atoms with Crippen LogP contribution in [0.15, 0.2) is 0 Å². The van der Waals surface area contributed by atoms with Crippen LogP contribution in [0.2, 0.25) is 0 Å². The van der Waals surface area contributed by atoms with Gasteiger partial charge in [0.05, 0.1) is 25.0 Å². The molecule has 0 aromatic carbocycles. The third kappa shape index (κ3) is 6.96. The molecule has 124 valence electrons. The maximum atomic E-state index is 12.4. The van der Waals surface area contributed by atoms with Crippen LogP contribution in [-0.2, 0) is 19.1 Å². The second-order valence-corrected chi connectivity index (χ2v) is 6.97. The Morgan fingerprint density at radius 2 is 1.43 bits per heavy atom. The van der Waals surface area contributed by atoms with Crippen LogP contribution >= 0.6 is 0 Å². The van der Waals surface area contributed by atoms with E-state index in [1.54, 1.807) is 6.92 Å². The molecule has 4 heteroatoms. The molecule has 0 N–H and O–H groups in total. The lowest BCUT2D eigenvalue weighted by atomic mass is 9.74. The van der Waals surface area contributed by atoms with E-state index in [0.717, 1.165) is 6.42 Å². The molecule has 0 heterocycles. The van der Waals surface area contributed by atoms with Gasteiger partial charge in [-0.15, -0.1) is 0 Å². The largest absolute Gasteiger partial charge is 0.465 e. The quantitative estimate of drug-likeness (QED) is 0.607. The predicted molar refractivity (Wildman–Crippen MR) is 83.8 cm³/mol. The second-order valence-electron chi connectivity index (χ2n) is 6.97. The molecule has 0 bridgehead atoms. The Bertz CT molecular complexity index is 336. The van der Waals surface area contributed by atoms with E-state index in [2.05, 4.69) is 0 Å². The summed E-state index contributed by atoms with van der Waals surface area (Å²) in [6.45, 7) is 14.5. The number of ether oxygens (including phenoxy) is 2. The highest BCUT2D eigenvalue weighted by molar-refractivity contribution is 5.83. The highest BCUT2D eigenvalue weighted by atomic mass is 16.5. The minimum atomic E-state index is -0.822. The van der Waals surface area contributed by atoms with Crippen LogP contribution in [0.4, 0.5) is 0 Å². The summed E-state index contributed by atoms with van der Waals surface area (Å²) in [5, 5.41) is 0. The van der Waals surface area contributed by atoms with Crippen molar-refractivity contribution in [3.05, 3.63) is 0 Å². The number of hydrogen-bond donors (Lipinski definition) is 0. The number of esters is 2. The Morgan fingerprint density at radius 1 is 0.952 bits per heavy atom. The van der Waals surface area contributed by atoms with Crippen LogP contribution in [0.3, 0.4) is 0 Å². The molecule has 0 aliphatic carbocycles. The molecule has 0 amide bonds. The van der Waals surface area contributed by atoms with Crippen molar-refractivity contribution in [3.8, 4) is 0 Å². The lowest BCUT2D eigenvalue weighted by Gasteiger charge is -2.32. The number of carbonyl (C=O) groups is 2. The van der Waals surface area contributed by atoms with Crippen molar-refractivity contribution in [2.45, 2.75) is 61.3 Å². The zero-order valence-electron chi connectivity index (χ0n) is 14.7. The van der Waals surface area contributed by atoms with Crippen LogP contribution < -0.4 is 0 Å². The summed E-state index contributed by atoms with van der Waals surface area (Å²) in [5.74, 6) is 0.00327. The van der Waals surface area contributed by atoms with Crippen molar-refractivity contribution in [2.24, 2.45) is 23.2 Å². The van der Waals surface area contributed by atoms with Gasteiger partial charge in [0, 0.05) is 0 Å². The van der Waals surface area contributed by atoms with Crippen LogP contribution in [0.1, 0.15) is 61.3 Å². The molecule has 0 spiro atoms.